The van der Waals surface area contributed by atoms with Gasteiger partial charge in [0.1, 0.15) is 0 Å². The van der Waals surface area contributed by atoms with Crippen LogP contribution < -0.4 is 16.0 Å². The minimum atomic E-state index is -0.188. The zero-order chi connectivity index (χ0) is 19.2. The number of rotatable bonds is 9. The van der Waals surface area contributed by atoms with Gasteiger partial charge >= 0.3 is 0 Å². The van der Waals surface area contributed by atoms with E-state index in [0.717, 1.165) is 9.47 Å². The zero-order valence-corrected chi connectivity index (χ0v) is 17.0. The van der Waals surface area contributed by atoms with E-state index >= 15 is 0 Å². The predicted molar refractivity (Wildman–Crippen MR) is 110 cm³/mol. The number of nitrogens with zero attached hydrogens (tertiary/aromatic N) is 2. The fraction of sp³-hybridized carbons (Fsp3) is 0.444. The summed E-state index contributed by atoms with van der Waals surface area (Å²) in [5.74, 6) is 0.196. The number of amides is 2. The highest BCUT2D eigenvalue weighted by molar-refractivity contribution is 8.01. The number of carbonyl (C=O) groups excluding carboxylic acids is 2. The predicted octanol–water partition coefficient (Wildman–Crippen LogP) is 3.23. The number of aromatic nitrogens is 2. The van der Waals surface area contributed by atoms with Crippen LogP contribution in [0.15, 0.2) is 28.6 Å². The lowest BCUT2D eigenvalue weighted by Crippen LogP contribution is -2.28. The molecule has 9 heteroatoms. The average molecular weight is 406 g/mol. The Labute approximate surface area is 166 Å². The molecule has 1 fully saturated rings. The number of hydrogen-bond acceptors (Lipinski definition) is 7. The minimum Gasteiger partial charge on any atom is -0.357 e. The number of nitrogens with one attached hydrogen (secondary N) is 3. The van der Waals surface area contributed by atoms with Crippen LogP contribution in [0.1, 0.15) is 37.0 Å². The van der Waals surface area contributed by atoms with Crippen LogP contribution >= 0.6 is 23.1 Å². The SMILES string of the molecule is CC(C)CNC(=O)c1ccccc1NC(=O)CSc1nnc(NC2CC2)s1. The normalized spacial score (nSPS) is 13.4. The summed E-state index contributed by atoms with van der Waals surface area (Å²) >= 11 is 2.79. The van der Waals surface area contributed by atoms with Gasteiger partial charge in [0, 0.05) is 12.6 Å². The first-order chi connectivity index (χ1) is 13.0. The maximum absolute atomic E-state index is 12.3. The molecule has 3 N–H and O–H groups in total. The molecule has 0 radical (unpaired) electrons. The van der Waals surface area contributed by atoms with E-state index in [1.54, 1.807) is 24.3 Å². The molecule has 2 amide bonds. The third-order valence-corrected chi connectivity index (χ3v) is 5.74. The van der Waals surface area contributed by atoms with Gasteiger partial charge in [0.05, 0.1) is 17.0 Å². The Morgan fingerprint density at radius 3 is 2.78 bits per heavy atom. The molecule has 1 heterocycles. The molecule has 1 aromatic carbocycles. The van der Waals surface area contributed by atoms with Crippen molar-refractivity contribution in [2.45, 2.75) is 37.1 Å². The highest BCUT2D eigenvalue weighted by atomic mass is 32.2. The van der Waals surface area contributed by atoms with E-state index < -0.39 is 0 Å². The second kappa shape index (κ2) is 9.18. The molecule has 27 heavy (non-hydrogen) atoms. The van der Waals surface area contributed by atoms with Crippen molar-refractivity contribution >= 4 is 45.7 Å². The molecule has 0 spiro atoms. The molecule has 1 aromatic heterocycles. The Balaban J connectivity index is 1.52. The van der Waals surface area contributed by atoms with Crippen LogP contribution in [0.25, 0.3) is 0 Å². The number of thioether (sulfide) groups is 1. The number of benzene rings is 1. The van der Waals surface area contributed by atoms with Crippen molar-refractivity contribution in [3.8, 4) is 0 Å². The first kappa shape index (κ1) is 19.6. The van der Waals surface area contributed by atoms with Crippen molar-refractivity contribution in [3.63, 3.8) is 0 Å². The van der Waals surface area contributed by atoms with Gasteiger partial charge in [0.15, 0.2) is 4.34 Å². The molecule has 1 saturated carbocycles. The molecule has 1 aliphatic rings. The molecule has 7 nitrogen and oxygen atoms in total. The van der Waals surface area contributed by atoms with Crippen LogP contribution in [0.4, 0.5) is 10.8 Å². The van der Waals surface area contributed by atoms with E-state index in [1.807, 2.05) is 13.8 Å². The molecular weight excluding hydrogens is 382 g/mol. The van der Waals surface area contributed by atoms with E-state index in [0.29, 0.717) is 29.8 Å². The highest BCUT2D eigenvalue weighted by Crippen LogP contribution is 2.30. The maximum Gasteiger partial charge on any atom is 0.253 e. The van der Waals surface area contributed by atoms with Gasteiger partial charge in [-0.3, -0.25) is 9.59 Å². The first-order valence-electron chi connectivity index (χ1n) is 8.91. The Kier molecular flexibility index (Phi) is 6.68. The van der Waals surface area contributed by atoms with Gasteiger partial charge in [0.25, 0.3) is 5.91 Å². The minimum absolute atomic E-state index is 0.184. The van der Waals surface area contributed by atoms with Gasteiger partial charge in [0.2, 0.25) is 11.0 Å². The summed E-state index contributed by atoms with van der Waals surface area (Å²) in [4.78, 5) is 24.6. The molecule has 3 rings (SSSR count). The van der Waals surface area contributed by atoms with Gasteiger partial charge < -0.3 is 16.0 Å². The molecular formula is C18H23N5O2S2. The number of anilines is 2. The molecule has 0 bridgehead atoms. The van der Waals surface area contributed by atoms with Crippen LogP contribution in [-0.2, 0) is 4.79 Å². The van der Waals surface area contributed by atoms with Crippen LogP contribution in [0.3, 0.4) is 0 Å². The first-order valence-corrected chi connectivity index (χ1v) is 10.7. The molecule has 0 unspecified atom stereocenters. The van der Waals surface area contributed by atoms with Gasteiger partial charge in [-0.2, -0.15) is 0 Å². The third kappa shape index (κ3) is 6.21. The topological polar surface area (TPSA) is 96.0 Å². The van der Waals surface area contributed by atoms with Crippen LogP contribution in [0, 0.1) is 5.92 Å². The quantitative estimate of drug-likeness (QED) is 0.554. The summed E-state index contributed by atoms with van der Waals surface area (Å²) in [6.45, 7) is 4.65. The standard InChI is InChI=1S/C18H23N5O2S2/c1-11(2)9-19-16(25)13-5-3-4-6-14(13)21-15(24)10-26-18-23-22-17(27-18)20-12-7-8-12/h3-6,11-12H,7-10H2,1-2H3,(H,19,25)(H,20,22)(H,21,24). The average Bonchev–Trinajstić information content (AvgIpc) is 3.34. The summed E-state index contributed by atoms with van der Waals surface area (Å²) in [6.07, 6.45) is 2.35. The molecule has 0 atom stereocenters. The van der Waals surface area contributed by atoms with Crippen molar-refractivity contribution in [1.29, 1.82) is 0 Å². The van der Waals surface area contributed by atoms with Crippen molar-refractivity contribution in [3.05, 3.63) is 29.8 Å². The largest absolute Gasteiger partial charge is 0.357 e. The number of hydrogen-bond donors (Lipinski definition) is 3. The smallest absolute Gasteiger partial charge is 0.253 e. The van der Waals surface area contributed by atoms with Crippen molar-refractivity contribution < 1.29 is 9.59 Å². The zero-order valence-electron chi connectivity index (χ0n) is 15.3. The highest BCUT2D eigenvalue weighted by Gasteiger charge is 2.22. The maximum atomic E-state index is 12.3. The summed E-state index contributed by atoms with van der Waals surface area (Å²) in [5.41, 5.74) is 0.973. The van der Waals surface area contributed by atoms with Gasteiger partial charge in [-0.05, 0) is 30.9 Å². The van der Waals surface area contributed by atoms with E-state index in [4.69, 9.17) is 0 Å². The Hall–Kier alpha value is -2.13. The second-order valence-corrected chi connectivity index (χ2v) is 8.98. The van der Waals surface area contributed by atoms with Crippen LogP contribution in [-0.4, -0.2) is 40.4 Å². The van der Waals surface area contributed by atoms with Gasteiger partial charge in [-0.15, -0.1) is 10.2 Å². The van der Waals surface area contributed by atoms with Crippen molar-refractivity contribution in [2.24, 2.45) is 5.92 Å². The summed E-state index contributed by atoms with van der Waals surface area (Å²) in [7, 11) is 0. The Bertz CT molecular complexity index is 805. The molecule has 0 saturated heterocycles. The summed E-state index contributed by atoms with van der Waals surface area (Å²) in [6, 6.07) is 7.54. The summed E-state index contributed by atoms with van der Waals surface area (Å²) < 4.78 is 0.747. The van der Waals surface area contributed by atoms with Gasteiger partial charge in [-0.25, -0.2) is 0 Å². The molecule has 2 aromatic rings. The lowest BCUT2D eigenvalue weighted by molar-refractivity contribution is -0.113. The van der Waals surface area contributed by atoms with E-state index in [1.165, 1.54) is 35.9 Å². The van der Waals surface area contributed by atoms with Crippen LogP contribution in [0.2, 0.25) is 0 Å². The number of para-hydroxylation sites is 1. The number of carbonyl (C=O) groups is 2. The monoisotopic (exact) mass is 405 g/mol. The van der Waals surface area contributed by atoms with Crippen LogP contribution in [0.5, 0.6) is 0 Å². The van der Waals surface area contributed by atoms with E-state index in [2.05, 4.69) is 26.1 Å². The lowest BCUT2D eigenvalue weighted by atomic mass is 10.1. The van der Waals surface area contributed by atoms with E-state index in [9.17, 15) is 9.59 Å². The Morgan fingerprint density at radius 1 is 1.26 bits per heavy atom. The molecule has 0 aliphatic heterocycles. The summed E-state index contributed by atoms with van der Waals surface area (Å²) in [5, 5.41) is 18.0. The van der Waals surface area contributed by atoms with Crippen molar-refractivity contribution in [2.75, 3.05) is 22.9 Å². The van der Waals surface area contributed by atoms with E-state index in [-0.39, 0.29) is 17.6 Å². The fourth-order valence-corrected chi connectivity index (χ4v) is 3.85. The van der Waals surface area contributed by atoms with Gasteiger partial charge in [-0.1, -0.05) is 49.1 Å². The third-order valence-electron chi connectivity index (χ3n) is 3.75. The fourth-order valence-electron chi connectivity index (χ4n) is 2.22. The Morgan fingerprint density at radius 2 is 2.04 bits per heavy atom. The lowest BCUT2D eigenvalue weighted by Gasteiger charge is -2.12. The second-order valence-electron chi connectivity index (χ2n) is 6.78. The molecule has 144 valence electrons. The van der Waals surface area contributed by atoms with Crippen molar-refractivity contribution in [1.82, 2.24) is 15.5 Å². The molecule has 1 aliphatic carbocycles.